The molecule has 11 heteroatoms. The molecule has 1 amide bonds. The van der Waals surface area contributed by atoms with Crippen LogP contribution in [0, 0.1) is 0 Å². The van der Waals surface area contributed by atoms with Gasteiger partial charge in [0, 0.05) is 26.7 Å². The van der Waals surface area contributed by atoms with Crippen LogP contribution < -0.4 is 4.74 Å². The lowest BCUT2D eigenvalue weighted by molar-refractivity contribution is -0.123. The van der Waals surface area contributed by atoms with Gasteiger partial charge in [0.2, 0.25) is 0 Å². The molecule has 4 rings (SSSR count). The zero-order valence-electron chi connectivity index (χ0n) is 16.5. The van der Waals surface area contributed by atoms with Crippen LogP contribution in [-0.4, -0.2) is 99.9 Å². The number of hydrogen-bond donors (Lipinski definition) is 0. The van der Waals surface area contributed by atoms with Gasteiger partial charge in [0.25, 0.3) is 5.91 Å². The van der Waals surface area contributed by atoms with Crippen molar-refractivity contribution in [1.29, 1.82) is 0 Å². The Morgan fingerprint density at radius 1 is 1.30 bits per heavy atom. The zero-order valence-corrected chi connectivity index (χ0v) is 17.3. The molecule has 30 heavy (non-hydrogen) atoms. The molecular formula is C19H24F2N2O6S. The van der Waals surface area contributed by atoms with E-state index < -0.39 is 33.2 Å². The molecule has 3 saturated heterocycles. The first kappa shape index (κ1) is 21.4. The maximum Gasteiger partial charge on any atom is 0.387 e. The van der Waals surface area contributed by atoms with Gasteiger partial charge in [0.15, 0.2) is 9.84 Å². The van der Waals surface area contributed by atoms with Gasteiger partial charge in [-0.15, -0.1) is 0 Å². The molecule has 1 spiro atoms. The summed E-state index contributed by atoms with van der Waals surface area (Å²) in [5.74, 6) is -0.865. The Bertz CT molecular complexity index is 900. The number of carbonyl (C=O) groups excluding carboxylic acids is 1. The number of likely N-dealkylation sites (tertiary alicyclic amines) is 2. The molecule has 3 fully saturated rings. The van der Waals surface area contributed by atoms with Crippen LogP contribution in [0.3, 0.4) is 0 Å². The van der Waals surface area contributed by atoms with Crippen LogP contribution in [0.2, 0.25) is 0 Å². The van der Waals surface area contributed by atoms with Gasteiger partial charge in [-0.3, -0.25) is 9.69 Å². The number of methoxy groups -OCH3 is 1. The van der Waals surface area contributed by atoms with E-state index in [2.05, 4.69) is 4.74 Å². The Balaban J connectivity index is 1.36. The first-order valence-corrected chi connectivity index (χ1v) is 11.4. The summed E-state index contributed by atoms with van der Waals surface area (Å²) in [7, 11) is -1.76. The van der Waals surface area contributed by atoms with E-state index in [1.807, 2.05) is 4.90 Å². The highest BCUT2D eigenvalue weighted by Gasteiger charge is 2.54. The number of carbonyl (C=O) groups is 1. The molecule has 3 aliphatic heterocycles. The van der Waals surface area contributed by atoms with Crippen LogP contribution in [0.1, 0.15) is 10.4 Å². The van der Waals surface area contributed by atoms with Crippen molar-refractivity contribution in [2.45, 2.75) is 23.6 Å². The molecule has 0 saturated carbocycles. The molecule has 3 aliphatic rings. The number of rotatable bonds is 6. The van der Waals surface area contributed by atoms with Crippen LogP contribution in [0.4, 0.5) is 8.78 Å². The molecule has 0 aromatic heterocycles. The summed E-state index contributed by atoms with van der Waals surface area (Å²) in [6.45, 7) is -0.974. The second kappa shape index (κ2) is 8.03. The summed E-state index contributed by atoms with van der Waals surface area (Å²) < 4.78 is 66.3. The van der Waals surface area contributed by atoms with Crippen LogP contribution >= 0.6 is 0 Å². The van der Waals surface area contributed by atoms with E-state index >= 15 is 0 Å². The van der Waals surface area contributed by atoms with Crippen molar-refractivity contribution in [1.82, 2.24) is 9.80 Å². The smallest absolute Gasteiger partial charge is 0.387 e. The molecule has 166 valence electrons. The SMILES string of the molecule is COC1CN(C[C@H]2COC3(CN(C(=O)c4ccccc4OC(F)F)C3)CS2(=O)=O)C1. The average Bonchev–Trinajstić information content (AvgIpc) is 2.62. The van der Waals surface area contributed by atoms with E-state index in [0.717, 1.165) is 0 Å². The normalized spacial score (nSPS) is 25.7. The maximum absolute atomic E-state index is 12.8. The third-order valence-electron chi connectivity index (χ3n) is 5.85. The number of para-hydroxylation sites is 1. The highest BCUT2D eigenvalue weighted by molar-refractivity contribution is 7.92. The lowest BCUT2D eigenvalue weighted by atomic mass is 9.94. The van der Waals surface area contributed by atoms with E-state index in [1.54, 1.807) is 13.2 Å². The summed E-state index contributed by atoms with van der Waals surface area (Å²) in [5.41, 5.74) is -0.928. The fourth-order valence-corrected chi connectivity index (χ4v) is 6.11. The van der Waals surface area contributed by atoms with Crippen molar-refractivity contribution in [3.63, 3.8) is 0 Å². The Kier molecular flexibility index (Phi) is 5.73. The number of benzene rings is 1. The third-order valence-corrected chi connectivity index (χ3v) is 8.07. The molecule has 0 bridgehead atoms. The Hall–Kier alpha value is -1.82. The van der Waals surface area contributed by atoms with Crippen molar-refractivity contribution >= 4 is 15.7 Å². The fourth-order valence-electron chi connectivity index (χ4n) is 4.16. The standard InChI is InChI=1S/C19H24F2N2O6S/c1-27-13-6-22(7-13)8-14-9-28-19(12-30(14,25)26)10-23(11-19)17(24)15-4-2-3-5-16(15)29-18(20)21/h2-5,13-14,18H,6-12H2,1H3/t14-/m0/s1. The number of amides is 1. The minimum atomic E-state index is -3.39. The second-order valence-corrected chi connectivity index (χ2v) is 10.3. The highest BCUT2D eigenvalue weighted by Crippen LogP contribution is 2.35. The first-order chi connectivity index (χ1) is 14.2. The molecule has 0 radical (unpaired) electrons. The molecule has 1 aromatic rings. The van der Waals surface area contributed by atoms with Crippen LogP contribution in [-0.2, 0) is 19.3 Å². The molecule has 0 unspecified atom stereocenters. The number of halogens is 2. The van der Waals surface area contributed by atoms with E-state index in [0.29, 0.717) is 19.6 Å². The first-order valence-electron chi connectivity index (χ1n) is 9.65. The number of sulfone groups is 1. The lowest BCUT2D eigenvalue weighted by Crippen LogP contribution is -2.71. The van der Waals surface area contributed by atoms with Gasteiger partial charge in [-0.25, -0.2) is 8.42 Å². The quantitative estimate of drug-likeness (QED) is 0.634. The second-order valence-electron chi connectivity index (χ2n) is 8.04. The average molecular weight is 446 g/mol. The van der Waals surface area contributed by atoms with Crippen LogP contribution in [0.25, 0.3) is 0 Å². The van der Waals surface area contributed by atoms with Crippen molar-refractivity contribution in [3.8, 4) is 5.75 Å². The lowest BCUT2D eigenvalue weighted by Gasteiger charge is -2.52. The Morgan fingerprint density at radius 3 is 2.63 bits per heavy atom. The third kappa shape index (κ3) is 4.16. The van der Waals surface area contributed by atoms with Gasteiger partial charge >= 0.3 is 6.61 Å². The molecule has 0 aliphatic carbocycles. The molecule has 1 aromatic carbocycles. The van der Waals surface area contributed by atoms with E-state index in [-0.39, 0.29) is 42.9 Å². The molecule has 3 heterocycles. The molecule has 0 N–H and O–H groups in total. The van der Waals surface area contributed by atoms with E-state index in [9.17, 15) is 22.0 Å². The number of ether oxygens (including phenoxy) is 3. The topological polar surface area (TPSA) is 85.4 Å². The van der Waals surface area contributed by atoms with Crippen molar-refractivity contribution < 1.29 is 36.2 Å². The van der Waals surface area contributed by atoms with Crippen molar-refractivity contribution in [3.05, 3.63) is 29.8 Å². The number of alkyl halides is 2. The Labute approximate surface area is 173 Å². The van der Waals surface area contributed by atoms with Crippen LogP contribution in [0.15, 0.2) is 24.3 Å². The highest BCUT2D eigenvalue weighted by atomic mass is 32.2. The van der Waals surface area contributed by atoms with Gasteiger partial charge in [0.1, 0.15) is 11.4 Å². The van der Waals surface area contributed by atoms with Crippen molar-refractivity contribution in [2.75, 3.05) is 52.2 Å². The largest absolute Gasteiger partial charge is 0.434 e. The monoisotopic (exact) mass is 446 g/mol. The Morgan fingerprint density at radius 2 is 2.00 bits per heavy atom. The van der Waals surface area contributed by atoms with Crippen molar-refractivity contribution in [2.24, 2.45) is 0 Å². The predicted molar refractivity (Wildman–Crippen MR) is 102 cm³/mol. The summed E-state index contributed by atoms with van der Waals surface area (Å²) in [6, 6.07) is 5.75. The van der Waals surface area contributed by atoms with E-state index in [1.165, 1.54) is 23.1 Å². The van der Waals surface area contributed by atoms with Gasteiger partial charge in [-0.05, 0) is 12.1 Å². The van der Waals surface area contributed by atoms with Gasteiger partial charge in [-0.1, -0.05) is 12.1 Å². The molecule has 1 atom stereocenters. The van der Waals surface area contributed by atoms with Crippen LogP contribution in [0.5, 0.6) is 5.75 Å². The minimum Gasteiger partial charge on any atom is -0.434 e. The summed E-state index contributed by atoms with van der Waals surface area (Å²) in [5, 5.41) is -0.606. The van der Waals surface area contributed by atoms with Gasteiger partial charge < -0.3 is 19.1 Å². The fraction of sp³-hybridized carbons (Fsp3) is 0.632. The molecule has 8 nitrogen and oxygen atoms in total. The van der Waals surface area contributed by atoms with E-state index in [4.69, 9.17) is 9.47 Å². The predicted octanol–water partition coefficient (Wildman–Crippen LogP) is 0.627. The summed E-state index contributed by atoms with van der Waals surface area (Å²) in [6.07, 6.45) is 0.145. The van der Waals surface area contributed by atoms with Gasteiger partial charge in [0.05, 0.1) is 42.4 Å². The van der Waals surface area contributed by atoms with Gasteiger partial charge in [-0.2, -0.15) is 8.78 Å². The summed E-state index contributed by atoms with van der Waals surface area (Å²) in [4.78, 5) is 16.1. The number of hydrogen-bond acceptors (Lipinski definition) is 7. The zero-order chi connectivity index (χ0) is 21.5. The summed E-state index contributed by atoms with van der Waals surface area (Å²) >= 11 is 0. The number of nitrogens with zero attached hydrogens (tertiary/aromatic N) is 2. The maximum atomic E-state index is 12.8. The minimum absolute atomic E-state index is 0.00896. The molecular weight excluding hydrogens is 422 g/mol.